The summed E-state index contributed by atoms with van der Waals surface area (Å²) in [5.41, 5.74) is 3.90. The van der Waals surface area contributed by atoms with Gasteiger partial charge in [0.2, 0.25) is 0 Å². The van der Waals surface area contributed by atoms with E-state index in [1.54, 1.807) is 30.3 Å². The second kappa shape index (κ2) is 8.71. The number of ether oxygens (including phenoxy) is 2. The maximum absolute atomic E-state index is 13.4. The second-order valence-corrected chi connectivity index (χ2v) is 7.29. The molecule has 1 aromatic heterocycles. The molecule has 0 atom stereocenters. The third-order valence-corrected chi connectivity index (χ3v) is 5.57. The first-order chi connectivity index (χ1) is 14.3. The van der Waals surface area contributed by atoms with Gasteiger partial charge in [0, 0.05) is 18.4 Å². The second-order valence-electron chi connectivity index (χ2n) is 6.93. The average molecular weight is 428 g/mol. The lowest BCUT2D eigenvalue weighted by Gasteiger charge is -2.19. The van der Waals surface area contributed by atoms with Gasteiger partial charge in [0.05, 0.1) is 19.4 Å². The molecule has 2 aromatic rings. The summed E-state index contributed by atoms with van der Waals surface area (Å²) in [5.74, 6) is -0.0732. The number of nitrogens with zero attached hydrogens (tertiary/aromatic N) is 3. The summed E-state index contributed by atoms with van der Waals surface area (Å²) in [4.78, 5) is 28.3. The molecule has 1 aliphatic rings. The molecule has 158 valence electrons. The first-order valence-electron chi connectivity index (χ1n) is 9.58. The van der Waals surface area contributed by atoms with E-state index >= 15 is 0 Å². The number of thiocarbonyl (C=S) groups is 1. The predicted molar refractivity (Wildman–Crippen MR) is 119 cm³/mol. The minimum absolute atomic E-state index is 0.148. The number of hydrogen-bond acceptors (Lipinski definition) is 5. The number of benzene rings is 1. The van der Waals surface area contributed by atoms with Gasteiger partial charge in [-0.1, -0.05) is 0 Å². The molecular weight excluding hydrogens is 402 g/mol. The maximum Gasteiger partial charge on any atom is 0.325 e. The third-order valence-electron chi connectivity index (χ3n) is 5.16. The van der Waals surface area contributed by atoms with Gasteiger partial charge in [-0.15, -0.1) is 0 Å². The number of methoxy groups -OCH3 is 1. The van der Waals surface area contributed by atoms with Crippen LogP contribution < -0.4 is 9.64 Å². The molecule has 2 heterocycles. The van der Waals surface area contributed by atoms with Crippen LogP contribution in [0.5, 0.6) is 5.75 Å². The number of esters is 1. The summed E-state index contributed by atoms with van der Waals surface area (Å²) >= 11 is 5.57. The molecule has 0 unspecified atom stereocenters. The third kappa shape index (κ3) is 3.95. The molecule has 1 aliphatic heterocycles. The van der Waals surface area contributed by atoms with Crippen molar-refractivity contribution in [3.63, 3.8) is 0 Å². The van der Waals surface area contributed by atoms with Crippen molar-refractivity contribution in [3.05, 3.63) is 53.0 Å². The van der Waals surface area contributed by atoms with Crippen LogP contribution in [0.4, 0.5) is 5.69 Å². The summed E-state index contributed by atoms with van der Waals surface area (Å²) in [6.07, 6.45) is 1.77. The quantitative estimate of drug-likeness (QED) is 0.401. The maximum atomic E-state index is 13.4. The van der Waals surface area contributed by atoms with E-state index in [1.165, 1.54) is 16.9 Å². The minimum atomic E-state index is -0.481. The Kier molecular flexibility index (Phi) is 6.26. The molecule has 1 amide bonds. The van der Waals surface area contributed by atoms with Crippen molar-refractivity contribution in [2.75, 3.05) is 25.2 Å². The molecule has 0 saturated carbocycles. The first kappa shape index (κ1) is 21.6. The van der Waals surface area contributed by atoms with Crippen LogP contribution in [0, 0.1) is 13.8 Å². The molecular formula is C22H25N3O4S. The average Bonchev–Trinajstić information content (AvgIpc) is 3.10. The highest BCUT2D eigenvalue weighted by atomic mass is 32.1. The highest BCUT2D eigenvalue weighted by Crippen LogP contribution is 2.31. The molecule has 3 rings (SSSR count). The highest BCUT2D eigenvalue weighted by molar-refractivity contribution is 7.80. The number of rotatable bonds is 6. The Labute approximate surface area is 181 Å². The number of aryl methyl sites for hydroxylation is 1. The van der Waals surface area contributed by atoms with Crippen molar-refractivity contribution in [2.45, 2.75) is 20.8 Å². The normalized spacial score (nSPS) is 15.3. The molecule has 1 saturated heterocycles. The van der Waals surface area contributed by atoms with Crippen molar-refractivity contribution in [3.8, 4) is 5.75 Å². The van der Waals surface area contributed by atoms with Gasteiger partial charge in [-0.25, -0.2) is 0 Å². The van der Waals surface area contributed by atoms with Crippen LogP contribution in [-0.4, -0.2) is 46.7 Å². The fourth-order valence-corrected chi connectivity index (χ4v) is 3.64. The number of aromatic nitrogens is 1. The van der Waals surface area contributed by atoms with Crippen LogP contribution >= 0.6 is 12.2 Å². The smallest absolute Gasteiger partial charge is 0.325 e. The monoisotopic (exact) mass is 427 g/mol. The molecule has 0 radical (unpaired) electrons. The zero-order chi connectivity index (χ0) is 22.0. The van der Waals surface area contributed by atoms with Crippen LogP contribution in [0.15, 0.2) is 36.0 Å². The zero-order valence-corrected chi connectivity index (χ0v) is 18.6. The van der Waals surface area contributed by atoms with E-state index in [4.69, 9.17) is 21.7 Å². The van der Waals surface area contributed by atoms with Crippen molar-refractivity contribution in [2.24, 2.45) is 7.05 Å². The van der Waals surface area contributed by atoms with Crippen LogP contribution in [0.25, 0.3) is 6.08 Å². The summed E-state index contributed by atoms with van der Waals surface area (Å²) in [5, 5.41) is 0.228. The van der Waals surface area contributed by atoms with E-state index in [0.717, 1.165) is 17.0 Å². The van der Waals surface area contributed by atoms with Crippen molar-refractivity contribution < 1.29 is 19.1 Å². The van der Waals surface area contributed by atoms with Crippen LogP contribution in [0.2, 0.25) is 0 Å². The highest BCUT2D eigenvalue weighted by Gasteiger charge is 2.40. The SMILES string of the molecule is CCOc1ccc(N2C(=O)/C(=C/c3cc(C)n(C)c3C)N(CC(=O)OC)C2=S)cc1. The van der Waals surface area contributed by atoms with E-state index in [9.17, 15) is 9.59 Å². The van der Waals surface area contributed by atoms with E-state index in [2.05, 4.69) is 0 Å². The Hall–Kier alpha value is -3.13. The summed E-state index contributed by atoms with van der Waals surface area (Å²) in [6.45, 7) is 6.28. The Balaban J connectivity index is 2.04. The zero-order valence-electron chi connectivity index (χ0n) is 17.8. The van der Waals surface area contributed by atoms with Gasteiger partial charge in [0.25, 0.3) is 5.91 Å². The molecule has 8 heteroatoms. The molecule has 0 bridgehead atoms. The Morgan fingerprint density at radius 1 is 1.20 bits per heavy atom. The number of anilines is 1. The largest absolute Gasteiger partial charge is 0.494 e. The molecule has 1 aromatic carbocycles. The number of amides is 1. The number of carbonyl (C=O) groups is 2. The van der Waals surface area contributed by atoms with Crippen molar-refractivity contribution in [1.29, 1.82) is 0 Å². The number of hydrogen-bond donors (Lipinski definition) is 0. The predicted octanol–water partition coefficient (Wildman–Crippen LogP) is 3.19. The molecule has 0 spiro atoms. The van der Waals surface area contributed by atoms with Crippen LogP contribution in [-0.2, 0) is 21.4 Å². The summed E-state index contributed by atoms with van der Waals surface area (Å²) in [7, 11) is 3.27. The standard InChI is InChI=1S/C22H25N3O4S/c1-6-29-18-9-7-17(8-10-18)25-21(27)19(24(22(25)30)13-20(26)28-5)12-16-11-14(2)23(4)15(16)3/h7-12H,6,13H2,1-5H3/b19-12-. The Morgan fingerprint density at radius 3 is 2.40 bits per heavy atom. The first-order valence-corrected chi connectivity index (χ1v) is 9.99. The van der Waals surface area contributed by atoms with Gasteiger partial charge >= 0.3 is 5.97 Å². The fourth-order valence-electron chi connectivity index (χ4n) is 3.29. The van der Waals surface area contributed by atoms with Gasteiger partial charge in [-0.3, -0.25) is 14.5 Å². The Bertz CT molecular complexity index is 1020. The summed E-state index contributed by atoms with van der Waals surface area (Å²) in [6, 6.07) is 9.10. The number of carbonyl (C=O) groups excluding carboxylic acids is 2. The lowest BCUT2D eigenvalue weighted by Crippen LogP contribution is -2.35. The van der Waals surface area contributed by atoms with Crippen LogP contribution in [0.1, 0.15) is 23.9 Å². The molecule has 0 aliphatic carbocycles. The molecule has 0 N–H and O–H groups in total. The molecule has 1 fully saturated rings. The fraction of sp³-hybridized carbons (Fsp3) is 0.318. The van der Waals surface area contributed by atoms with Gasteiger partial charge in [-0.05, 0) is 75.0 Å². The van der Waals surface area contributed by atoms with E-state index in [0.29, 0.717) is 23.7 Å². The lowest BCUT2D eigenvalue weighted by molar-refractivity contribution is -0.140. The van der Waals surface area contributed by atoms with E-state index < -0.39 is 5.97 Å². The van der Waals surface area contributed by atoms with E-state index in [-0.39, 0.29) is 17.6 Å². The topological polar surface area (TPSA) is 64.0 Å². The van der Waals surface area contributed by atoms with Gasteiger partial charge in [0.15, 0.2) is 5.11 Å². The molecule has 30 heavy (non-hydrogen) atoms. The van der Waals surface area contributed by atoms with Crippen LogP contribution in [0.3, 0.4) is 0 Å². The molecule has 7 nitrogen and oxygen atoms in total. The Morgan fingerprint density at radius 2 is 1.87 bits per heavy atom. The van der Waals surface area contributed by atoms with E-state index in [1.807, 2.05) is 38.5 Å². The lowest BCUT2D eigenvalue weighted by atomic mass is 10.2. The summed E-state index contributed by atoms with van der Waals surface area (Å²) < 4.78 is 12.3. The van der Waals surface area contributed by atoms with Gasteiger partial charge < -0.3 is 18.9 Å². The van der Waals surface area contributed by atoms with Gasteiger partial charge in [-0.2, -0.15) is 0 Å². The van der Waals surface area contributed by atoms with Crippen molar-refractivity contribution in [1.82, 2.24) is 9.47 Å². The van der Waals surface area contributed by atoms with Crippen molar-refractivity contribution >= 4 is 41.0 Å². The van der Waals surface area contributed by atoms with Gasteiger partial charge in [0.1, 0.15) is 18.0 Å². The minimum Gasteiger partial charge on any atom is -0.494 e.